The Morgan fingerprint density at radius 3 is 3.06 bits per heavy atom. The van der Waals surface area contributed by atoms with E-state index in [2.05, 4.69) is 20.0 Å². The molecule has 2 aromatic heterocycles. The normalized spacial score (nSPS) is 10.1. The highest BCUT2D eigenvalue weighted by molar-refractivity contribution is 7.13. The van der Waals surface area contributed by atoms with Crippen molar-refractivity contribution >= 4 is 22.4 Å². The predicted molar refractivity (Wildman–Crippen MR) is 69.4 cm³/mol. The summed E-state index contributed by atoms with van der Waals surface area (Å²) >= 11 is 1.46. The number of aromatic nitrogens is 2. The molecule has 0 saturated heterocycles. The monoisotopic (exact) mass is 263 g/mol. The summed E-state index contributed by atoms with van der Waals surface area (Å²) in [5.74, 6) is -0.281. The number of ether oxygens (including phenoxy) is 1. The highest BCUT2D eigenvalue weighted by Crippen LogP contribution is 2.16. The predicted octanol–water partition coefficient (Wildman–Crippen LogP) is 1.87. The number of pyridine rings is 1. The maximum absolute atomic E-state index is 11.1. The lowest BCUT2D eigenvalue weighted by Gasteiger charge is -2.01. The van der Waals surface area contributed by atoms with E-state index in [1.165, 1.54) is 18.4 Å². The molecule has 2 rings (SSSR count). The van der Waals surface area contributed by atoms with Crippen LogP contribution in [-0.2, 0) is 22.5 Å². The number of rotatable bonds is 5. The highest BCUT2D eigenvalue weighted by atomic mass is 32.1. The summed E-state index contributed by atoms with van der Waals surface area (Å²) in [6.07, 6.45) is 1.96. The number of thiazole rings is 1. The van der Waals surface area contributed by atoms with Crippen LogP contribution in [0.1, 0.15) is 11.4 Å². The van der Waals surface area contributed by atoms with Crippen molar-refractivity contribution in [3.05, 3.63) is 41.2 Å². The SMILES string of the molecule is COC(=O)Cc1csc(NCc2ccccn2)n1. The molecule has 0 atom stereocenters. The van der Waals surface area contributed by atoms with E-state index in [1.807, 2.05) is 23.6 Å². The first-order chi connectivity index (χ1) is 8.78. The zero-order valence-electron chi connectivity index (χ0n) is 9.92. The van der Waals surface area contributed by atoms with Gasteiger partial charge in [0.15, 0.2) is 5.13 Å². The van der Waals surface area contributed by atoms with Gasteiger partial charge in [-0.25, -0.2) is 4.98 Å². The average Bonchev–Trinajstić information content (AvgIpc) is 2.85. The molecule has 0 fully saturated rings. The van der Waals surface area contributed by atoms with Gasteiger partial charge in [0.1, 0.15) is 0 Å². The van der Waals surface area contributed by atoms with Crippen LogP contribution in [0, 0.1) is 0 Å². The second kappa shape index (κ2) is 6.11. The van der Waals surface area contributed by atoms with Gasteiger partial charge >= 0.3 is 5.97 Å². The summed E-state index contributed by atoms with van der Waals surface area (Å²) in [6, 6.07) is 5.76. The van der Waals surface area contributed by atoms with E-state index >= 15 is 0 Å². The molecule has 6 heteroatoms. The second-order valence-corrected chi connectivity index (χ2v) is 4.43. The first kappa shape index (κ1) is 12.5. The van der Waals surface area contributed by atoms with Gasteiger partial charge in [-0.15, -0.1) is 11.3 Å². The van der Waals surface area contributed by atoms with Crippen LogP contribution in [0.5, 0.6) is 0 Å². The van der Waals surface area contributed by atoms with Gasteiger partial charge in [0.2, 0.25) is 0 Å². The largest absolute Gasteiger partial charge is 0.469 e. The zero-order chi connectivity index (χ0) is 12.8. The molecule has 0 bridgehead atoms. The van der Waals surface area contributed by atoms with E-state index in [0.717, 1.165) is 16.5 Å². The van der Waals surface area contributed by atoms with E-state index in [4.69, 9.17) is 0 Å². The number of nitrogens with zero attached hydrogens (tertiary/aromatic N) is 2. The molecule has 0 amide bonds. The van der Waals surface area contributed by atoms with E-state index in [-0.39, 0.29) is 12.4 Å². The van der Waals surface area contributed by atoms with E-state index in [0.29, 0.717) is 6.54 Å². The number of carbonyl (C=O) groups is 1. The smallest absolute Gasteiger partial charge is 0.311 e. The van der Waals surface area contributed by atoms with E-state index < -0.39 is 0 Å². The molecule has 0 aliphatic carbocycles. The molecule has 0 spiro atoms. The minimum absolute atomic E-state index is 0.207. The minimum atomic E-state index is -0.281. The summed E-state index contributed by atoms with van der Waals surface area (Å²) in [7, 11) is 1.37. The minimum Gasteiger partial charge on any atom is -0.469 e. The molecule has 94 valence electrons. The number of anilines is 1. The first-order valence-corrected chi connectivity index (χ1v) is 6.31. The molecule has 1 N–H and O–H groups in total. The molecule has 0 aliphatic heterocycles. The Labute approximate surface area is 109 Å². The Kier molecular flexibility index (Phi) is 4.25. The summed E-state index contributed by atoms with van der Waals surface area (Å²) in [6.45, 7) is 0.617. The molecule has 2 heterocycles. The number of esters is 1. The van der Waals surface area contributed by atoms with Gasteiger partial charge in [-0.1, -0.05) is 6.07 Å². The van der Waals surface area contributed by atoms with Crippen LogP contribution in [0.3, 0.4) is 0 Å². The average molecular weight is 263 g/mol. The zero-order valence-corrected chi connectivity index (χ0v) is 10.7. The van der Waals surface area contributed by atoms with Crippen molar-refractivity contribution in [3.8, 4) is 0 Å². The third-order valence-corrected chi connectivity index (χ3v) is 3.10. The number of nitrogens with one attached hydrogen (secondary N) is 1. The van der Waals surface area contributed by atoms with Crippen molar-refractivity contribution in [1.82, 2.24) is 9.97 Å². The summed E-state index contributed by atoms with van der Waals surface area (Å²) in [4.78, 5) is 19.6. The number of hydrogen-bond acceptors (Lipinski definition) is 6. The Morgan fingerprint density at radius 1 is 1.44 bits per heavy atom. The van der Waals surface area contributed by atoms with Crippen LogP contribution in [0.25, 0.3) is 0 Å². The maximum atomic E-state index is 11.1. The van der Waals surface area contributed by atoms with Crippen LogP contribution in [0.4, 0.5) is 5.13 Å². The molecule has 5 nitrogen and oxygen atoms in total. The van der Waals surface area contributed by atoms with Gasteiger partial charge in [0, 0.05) is 11.6 Å². The fourth-order valence-electron chi connectivity index (χ4n) is 1.36. The molecular formula is C12H13N3O2S. The lowest BCUT2D eigenvalue weighted by molar-refractivity contribution is -0.139. The first-order valence-electron chi connectivity index (χ1n) is 5.43. The van der Waals surface area contributed by atoms with Gasteiger partial charge < -0.3 is 10.1 Å². The Bertz CT molecular complexity index is 513. The standard InChI is InChI=1S/C12H13N3O2S/c1-17-11(16)6-10-8-18-12(15-10)14-7-9-4-2-3-5-13-9/h2-5,8H,6-7H2,1H3,(H,14,15). The van der Waals surface area contributed by atoms with Crippen molar-refractivity contribution in [2.24, 2.45) is 0 Å². The fourth-order valence-corrected chi connectivity index (χ4v) is 2.07. The molecule has 0 aliphatic rings. The van der Waals surface area contributed by atoms with Crippen molar-refractivity contribution < 1.29 is 9.53 Å². The third-order valence-electron chi connectivity index (χ3n) is 2.25. The molecule has 0 unspecified atom stereocenters. The maximum Gasteiger partial charge on any atom is 0.311 e. The Balaban J connectivity index is 1.89. The van der Waals surface area contributed by atoms with Crippen molar-refractivity contribution in [2.75, 3.05) is 12.4 Å². The molecule has 2 aromatic rings. The second-order valence-electron chi connectivity index (χ2n) is 3.57. The lowest BCUT2D eigenvalue weighted by Crippen LogP contribution is -2.05. The summed E-state index contributed by atoms with van der Waals surface area (Å²) in [5.41, 5.74) is 1.66. The number of carbonyl (C=O) groups excluding carboxylic acids is 1. The molecule has 0 saturated carbocycles. The molecular weight excluding hydrogens is 250 g/mol. The number of hydrogen-bond donors (Lipinski definition) is 1. The van der Waals surface area contributed by atoms with E-state index in [1.54, 1.807) is 6.20 Å². The van der Waals surface area contributed by atoms with Gasteiger partial charge in [-0.2, -0.15) is 0 Å². The Morgan fingerprint density at radius 2 is 2.33 bits per heavy atom. The fraction of sp³-hybridized carbons (Fsp3) is 0.250. The molecule has 0 aromatic carbocycles. The number of methoxy groups -OCH3 is 1. The van der Waals surface area contributed by atoms with Crippen molar-refractivity contribution in [1.29, 1.82) is 0 Å². The van der Waals surface area contributed by atoms with Crippen LogP contribution in [-0.4, -0.2) is 23.0 Å². The summed E-state index contributed by atoms with van der Waals surface area (Å²) in [5, 5.41) is 5.79. The van der Waals surface area contributed by atoms with Crippen LogP contribution in [0.2, 0.25) is 0 Å². The highest BCUT2D eigenvalue weighted by Gasteiger charge is 2.07. The topological polar surface area (TPSA) is 64.1 Å². The third kappa shape index (κ3) is 3.53. The lowest BCUT2D eigenvalue weighted by atomic mass is 10.3. The Hall–Kier alpha value is -1.95. The quantitative estimate of drug-likeness (QED) is 0.834. The van der Waals surface area contributed by atoms with E-state index in [9.17, 15) is 4.79 Å². The van der Waals surface area contributed by atoms with Gasteiger partial charge in [-0.3, -0.25) is 9.78 Å². The summed E-state index contributed by atoms with van der Waals surface area (Å²) < 4.78 is 4.59. The van der Waals surface area contributed by atoms with Crippen molar-refractivity contribution in [3.63, 3.8) is 0 Å². The van der Waals surface area contributed by atoms with Crippen molar-refractivity contribution in [2.45, 2.75) is 13.0 Å². The van der Waals surface area contributed by atoms with Gasteiger partial charge in [-0.05, 0) is 12.1 Å². The van der Waals surface area contributed by atoms with Gasteiger partial charge in [0.05, 0.1) is 31.5 Å². The van der Waals surface area contributed by atoms with Crippen LogP contribution < -0.4 is 5.32 Å². The van der Waals surface area contributed by atoms with Gasteiger partial charge in [0.25, 0.3) is 0 Å². The van der Waals surface area contributed by atoms with Crippen LogP contribution >= 0.6 is 11.3 Å². The molecule has 18 heavy (non-hydrogen) atoms. The van der Waals surface area contributed by atoms with Crippen LogP contribution in [0.15, 0.2) is 29.8 Å². The molecule has 0 radical (unpaired) electrons.